The van der Waals surface area contributed by atoms with Gasteiger partial charge in [-0.05, 0) is 86.7 Å². The number of hydrogen-bond donors (Lipinski definition) is 1. The molecule has 0 aromatic heterocycles. The van der Waals surface area contributed by atoms with Gasteiger partial charge in [-0.15, -0.1) is 0 Å². The predicted octanol–water partition coefficient (Wildman–Crippen LogP) is 7.14. The summed E-state index contributed by atoms with van der Waals surface area (Å²) in [6, 6.07) is 19.0. The van der Waals surface area contributed by atoms with Crippen molar-refractivity contribution in [3.63, 3.8) is 0 Å². The van der Waals surface area contributed by atoms with E-state index in [4.69, 9.17) is 11.6 Å². The number of hydrazone groups is 1. The van der Waals surface area contributed by atoms with Crippen molar-refractivity contribution in [2.75, 3.05) is 20.1 Å². The van der Waals surface area contributed by atoms with Crippen molar-refractivity contribution in [3.05, 3.63) is 95.7 Å². The van der Waals surface area contributed by atoms with E-state index >= 15 is 0 Å². The van der Waals surface area contributed by atoms with E-state index in [1.807, 2.05) is 37.3 Å². The molecule has 0 bridgehead atoms. The Kier molecular flexibility index (Phi) is 13.1. The minimum atomic E-state index is 0.462. The highest BCUT2D eigenvalue weighted by Gasteiger charge is 2.11. The van der Waals surface area contributed by atoms with E-state index in [9.17, 15) is 0 Å². The van der Waals surface area contributed by atoms with Gasteiger partial charge < -0.3 is 5.32 Å². The van der Waals surface area contributed by atoms with Crippen LogP contribution in [0.15, 0.2) is 84.6 Å². The molecular formula is C29H40ClN3. The molecule has 2 unspecified atom stereocenters. The third kappa shape index (κ3) is 11.8. The summed E-state index contributed by atoms with van der Waals surface area (Å²) in [7, 11) is 2.05. The predicted molar refractivity (Wildman–Crippen MR) is 145 cm³/mol. The molecule has 0 saturated carbocycles. The summed E-state index contributed by atoms with van der Waals surface area (Å²) in [6.45, 7) is 7.64. The number of nitrogens with one attached hydrogen (secondary N) is 1. The number of aryl methyl sites for hydroxylation is 1. The van der Waals surface area contributed by atoms with Crippen LogP contribution < -0.4 is 5.32 Å². The number of halogens is 1. The number of allylic oxidation sites excluding steroid dienone is 1. The van der Waals surface area contributed by atoms with E-state index in [0.29, 0.717) is 11.8 Å². The zero-order valence-corrected chi connectivity index (χ0v) is 21.1. The minimum Gasteiger partial charge on any atom is -0.391 e. The number of hydrogen-bond acceptors (Lipinski definition) is 3. The molecule has 0 saturated heterocycles. The lowest BCUT2D eigenvalue weighted by Gasteiger charge is -2.20. The lowest BCUT2D eigenvalue weighted by molar-refractivity contribution is 0.308. The van der Waals surface area contributed by atoms with Gasteiger partial charge in [0.2, 0.25) is 0 Å². The maximum Gasteiger partial charge on any atom is 0.0419 e. The highest BCUT2D eigenvalue weighted by atomic mass is 35.5. The van der Waals surface area contributed by atoms with Crippen LogP contribution in [0.3, 0.4) is 0 Å². The maximum absolute atomic E-state index is 6.04. The van der Waals surface area contributed by atoms with Crippen LogP contribution in [-0.2, 0) is 12.8 Å². The molecule has 0 fully saturated rings. The Bertz CT molecular complexity index is 830. The van der Waals surface area contributed by atoms with Crippen molar-refractivity contribution in [2.24, 2.45) is 16.9 Å². The van der Waals surface area contributed by atoms with Gasteiger partial charge in [0.25, 0.3) is 0 Å². The molecule has 2 aromatic rings. The molecule has 33 heavy (non-hydrogen) atoms. The molecule has 178 valence electrons. The molecule has 2 atom stereocenters. The molecule has 1 N–H and O–H groups in total. The fourth-order valence-corrected chi connectivity index (χ4v) is 4.27. The number of benzene rings is 2. The zero-order chi connectivity index (χ0) is 23.7. The highest BCUT2D eigenvalue weighted by molar-refractivity contribution is 6.30. The van der Waals surface area contributed by atoms with Gasteiger partial charge in [0.15, 0.2) is 0 Å². The standard InChI is InChI=1S/C29H40ClN3/c1-4-31-22-21-27(23-26-11-7-6-8-12-26)13-9-10-14-28(24-33(3)32-5-2)16-15-25-17-19-29(30)20-18-25/h4-8,10-12,14,17-20,27-28,31H,1,9,13,15-16,21-24H2,2-3H3/b14-10-,32-5-. The van der Waals surface area contributed by atoms with Gasteiger partial charge in [0.05, 0.1) is 0 Å². The Balaban J connectivity index is 1.92. The first kappa shape index (κ1) is 26.7. The van der Waals surface area contributed by atoms with Crippen LogP contribution in [0, 0.1) is 11.8 Å². The first-order chi connectivity index (χ1) is 16.1. The van der Waals surface area contributed by atoms with Crippen molar-refractivity contribution < 1.29 is 0 Å². The van der Waals surface area contributed by atoms with Crippen molar-refractivity contribution >= 4 is 17.8 Å². The Morgan fingerprint density at radius 1 is 1.03 bits per heavy atom. The van der Waals surface area contributed by atoms with Crippen LogP contribution in [0.4, 0.5) is 0 Å². The Labute approximate surface area is 206 Å². The smallest absolute Gasteiger partial charge is 0.0419 e. The van der Waals surface area contributed by atoms with Crippen LogP contribution in [-0.4, -0.2) is 31.4 Å². The van der Waals surface area contributed by atoms with Crippen molar-refractivity contribution in [2.45, 2.75) is 45.4 Å². The second-order valence-electron chi connectivity index (χ2n) is 8.65. The second kappa shape index (κ2) is 16.1. The normalized spacial score (nSPS) is 13.3. The van der Waals surface area contributed by atoms with E-state index in [0.717, 1.165) is 50.2 Å². The summed E-state index contributed by atoms with van der Waals surface area (Å²) in [5.74, 6) is 1.12. The van der Waals surface area contributed by atoms with Crippen LogP contribution in [0.5, 0.6) is 0 Å². The second-order valence-corrected chi connectivity index (χ2v) is 9.08. The summed E-state index contributed by atoms with van der Waals surface area (Å²) in [5, 5.41) is 10.5. The molecule has 0 aliphatic carbocycles. The topological polar surface area (TPSA) is 27.6 Å². The molecule has 0 aliphatic heterocycles. The number of nitrogens with zero attached hydrogens (tertiary/aromatic N) is 2. The minimum absolute atomic E-state index is 0.462. The molecule has 0 aliphatic rings. The SMILES string of the molecule is C=CNCCC(CC/C=C\C(CCc1ccc(Cl)cc1)CN(C)/N=C\C)Cc1ccccc1. The van der Waals surface area contributed by atoms with Crippen LogP contribution in [0.2, 0.25) is 5.02 Å². The molecule has 0 radical (unpaired) electrons. The van der Waals surface area contributed by atoms with Gasteiger partial charge in [-0.3, -0.25) is 5.01 Å². The monoisotopic (exact) mass is 465 g/mol. The lowest BCUT2D eigenvalue weighted by Crippen LogP contribution is -2.20. The third-order valence-corrected chi connectivity index (χ3v) is 6.14. The zero-order valence-electron chi connectivity index (χ0n) is 20.3. The molecular weight excluding hydrogens is 426 g/mol. The van der Waals surface area contributed by atoms with Crippen molar-refractivity contribution in [1.82, 2.24) is 10.3 Å². The molecule has 2 aromatic carbocycles. The molecule has 0 spiro atoms. The van der Waals surface area contributed by atoms with Gasteiger partial charge in [-0.25, -0.2) is 0 Å². The summed E-state index contributed by atoms with van der Waals surface area (Å²) in [6.07, 6.45) is 15.1. The summed E-state index contributed by atoms with van der Waals surface area (Å²) < 4.78 is 0. The summed E-state index contributed by atoms with van der Waals surface area (Å²) >= 11 is 6.04. The quantitative estimate of drug-likeness (QED) is 0.123. The van der Waals surface area contributed by atoms with E-state index in [2.05, 4.69) is 71.6 Å². The van der Waals surface area contributed by atoms with Crippen molar-refractivity contribution in [1.29, 1.82) is 0 Å². The Morgan fingerprint density at radius 3 is 2.48 bits per heavy atom. The van der Waals surface area contributed by atoms with E-state index in [1.165, 1.54) is 17.5 Å². The first-order valence-electron chi connectivity index (χ1n) is 12.1. The highest BCUT2D eigenvalue weighted by Crippen LogP contribution is 2.20. The van der Waals surface area contributed by atoms with Gasteiger partial charge in [-0.1, -0.05) is 72.8 Å². The lowest BCUT2D eigenvalue weighted by atomic mass is 9.91. The summed E-state index contributed by atoms with van der Waals surface area (Å²) in [5.41, 5.74) is 2.75. The van der Waals surface area contributed by atoms with Crippen LogP contribution in [0.25, 0.3) is 0 Å². The van der Waals surface area contributed by atoms with Crippen LogP contribution in [0.1, 0.15) is 43.7 Å². The van der Waals surface area contributed by atoms with E-state index < -0.39 is 0 Å². The average Bonchev–Trinajstić information content (AvgIpc) is 2.82. The molecule has 4 heteroatoms. The largest absolute Gasteiger partial charge is 0.391 e. The Morgan fingerprint density at radius 2 is 1.79 bits per heavy atom. The molecule has 2 rings (SSSR count). The van der Waals surface area contributed by atoms with Crippen LogP contribution >= 0.6 is 11.6 Å². The fourth-order valence-electron chi connectivity index (χ4n) is 4.14. The summed E-state index contributed by atoms with van der Waals surface area (Å²) in [4.78, 5) is 0. The molecule has 0 amide bonds. The molecule has 3 nitrogen and oxygen atoms in total. The van der Waals surface area contributed by atoms with Gasteiger partial charge in [-0.2, -0.15) is 5.10 Å². The van der Waals surface area contributed by atoms with Gasteiger partial charge in [0, 0.05) is 31.4 Å². The van der Waals surface area contributed by atoms with Crippen molar-refractivity contribution in [3.8, 4) is 0 Å². The first-order valence-corrected chi connectivity index (χ1v) is 12.5. The van der Waals surface area contributed by atoms with E-state index in [1.54, 1.807) is 6.20 Å². The average molecular weight is 466 g/mol. The fraction of sp³-hybridized carbons (Fsp3) is 0.414. The number of rotatable bonds is 16. The Hall–Kier alpha value is -2.52. The van der Waals surface area contributed by atoms with E-state index in [-0.39, 0.29) is 0 Å². The van der Waals surface area contributed by atoms with Gasteiger partial charge >= 0.3 is 0 Å². The maximum atomic E-state index is 6.04. The van der Waals surface area contributed by atoms with Gasteiger partial charge in [0.1, 0.15) is 0 Å². The molecule has 0 heterocycles. The third-order valence-electron chi connectivity index (χ3n) is 5.89.